The zero-order chi connectivity index (χ0) is 25.8. The topological polar surface area (TPSA) is 108 Å². The molecule has 37 heavy (non-hydrogen) atoms. The third-order valence-corrected chi connectivity index (χ3v) is 6.02. The van der Waals surface area contributed by atoms with Crippen molar-refractivity contribution in [2.75, 3.05) is 0 Å². The molecule has 1 saturated carbocycles. The molecule has 0 bridgehead atoms. The van der Waals surface area contributed by atoms with E-state index in [1.807, 2.05) is 12.1 Å². The summed E-state index contributed by atoms with van der Waals surface area (Å²) in [6.07, 6.45) is 9.63. The van der Waals surface area contributed by atoms with E-state index >= 15 is 0 Å². The van der Waals surface area contributed by atoms with Gasteiger partial charge in [0.25, 0.3) is 0 Å². The number of hydrogen-bond donors (Lipinski definition) is 1. The van der Waals surface area contributed by atoms with E-state index in [4.69, 9.17) is 4.74 Å². The van der Waals surface area contributed by atoms with Gasteiger partial charge in [0.1, 0.15) is 47.9 Å². The van der Waals surface area contributed by atoms with E-state index in [0.717, 1.165) is 24.5 Å². The Balaban J connectivity index is 1.24. The molecule has 2 aromatic heterocycles. The Bertz CT molecular complexity index is 1400. The predicted octanol–water partition coefficient (Wildman–Crippen LogP) is 3.31. The fourth-order valence-corrected chi connectivity index (χ4v) is 3.93. The van der Waals surface area contributed by atoms with Crippen molar-refractivity contribution in [3.05, 3.63) is 95.8 Å². The van der Waals surface area contributed by atoms with Crippen molar-refractivity contribution in [3.63, 3.8) is 0 Å². The maximum atomic E-state index is 14.6. The van der Waals surface area contributed by atoms with Gasteiger partial charge in [-0.25, -0.2) is 23.1 Å². The van der Waals surface area contributed by atoms with Gasteiger partial charge in [0.2, 0.25) is 0 Å². The molecule has 190 valence electrons. The Morgan fingerprint density at radius 2 is 1.92 bits per heavy atom. The molecule has 1 unspecified atom stereocenters. The second-order valence-electron chi connectivity index (χ2n) is 9.02. The molecular weight excluding hydrogens is 482 g/mol. The van der Waals surface area contributed by atoms with Gasteiger partial charge in [-0.3, -0.25) is 4.79 Å². The lowest BCUT2D eigenvalue weighted by molar-refractivity contribution is -0.115. The second kappa shape index (κ2) is 10.4. The summed E-state index contributed by atoms with van der Waals surface area (Å²) in [6, 6.07) is 10.3. The van der Waals surface area contributed by atoms with Gasteiger partial charge in [-0.05, 0) is 42.7 Å². The fourth-order valence-electron chi connectivity index (χ4n) is 3.93. The van der Waals surface area contributed by atoms with Gasteiger partial charge in [-0.1, -0.05) is 29.5 Å². The van der Waals surface area contributed by atoms with Gasteiger partial charge < -0.3 is 9.84 Å². The summed E-state index contributed by atoms with van der Waals surface area (Å²) in [6.45, 7) is -0.209. The minimum absolute atomic E-state index is 0.106. The van der Waals surface area contributed by atoms with Crippen LogP contribution in [0.3, 0.4) is 0 Å². The number of aliphatic hydroxyl groups is 1. The smallest absolute Gasteiger partial charge is 0.158 e. The van der Waals surface area contributed by atoms with E-state index in [0.29, 0.717) is 17.5 Å². The van der Waals surface area contributed by atoms with E-state index in [1.54, 1.807) is 30.5 Å². The highest BCUT2D eigenvalue weighted by atomic mass is 19.1. The van der Waals surface area contributed by atoms with Crippen LogP contribution in [0.4, 0.5) is 8.78 Å². The van der Waals surface area contributed by atoms with Gasteiger partial charge in [0.05, 0.1) is 19.3 Å². The van der Waals surface area contributed by atoms with Crippen LogP contribution in [0.2, 0.25) is 0 Å². The first-order chi connectivity index (χ1) is 17.9. The summed E-state index contributed by atoms with van der Waals surface area (Å²) in [5.41, 5.74) is -0.541. The SMILES string of the molecule is O=C(/C=C/c1ccc(OCc2cn(CC(O)(Cn3cncn3)c3ccc(F)cc3F)nn2)cc1)C1CC1. The van der Waals surface area contributed by atoms with Crippen LogP contribution >= 0.6 is 0 Å². The molecule has 11 heteroatoms. The largest absolute Gasteiger partial charge is 0.487 e. The van der Waals surface area contributed by atoms with Crippen molar-refractivity contribution in [2.24, 2.45) is 5.92 Å². The average Bonchev–Trinajstić information content (AvgIpc) is 3.44. The Morgan fingerprint density at radius 3 is 2.62 bits per heavy atom. The van der Waals surface area contributed by atoms with Crippen molar-refractivity contribution in [1.29, 1.82) is 0 Å². The van der Waals surface area contributed by atoms with Crippen LogP contribution in [0.15, 0.2) is 67.4 Å². The molecule has 2 aromatic carbocycles. The minimum Gasteiger partial charge on any atom is -0.487 e. The lowest BCUT2D eigenvalue weighted by Gasteiger charge is -2.28. The molecule has 4 aromatic rings. The Labute approximate surface area is 211 Å². The fraction of sp³-hybridized carbons (Fsp3) is 0.269. The van der Waals surface area contributed by atoms with Crippen LogP contribution in [0.5, 0.6) is 5.75 Å². The highest BCUT2D eigenvalue weighted by Gasteiger charge is 2.35. The zero-order valence-electron chi connectivity index (χ0n) is 19.7. The van der Waals surface area contributed by atoms with Crippen LogP contribution < -0.4 is 4.74 Å². The number of carbonyl (C=O) groups excluding carboxylic acids is 1. The molecule has 0 radical (unpaired) electrons. The maximum Gasteiger partial charge on any atom is 0.158 e. The molecule has 1 fully saturated rings. The van der Waals surface area contributed by atoms with Crippen molar-refractivity contribution in [3.8, 4) is 5.75 Å². The number of allylic oxidation sites excluding steroid dienone is 1. The van der Waals surface area contributed by atoms with E-state index in [2.05, 4.69) is 20.4 Å². The molecule has 0 saturated heterocycles. The summed E-state index contributed by atoms with van der Waals surface area (Å²) >= 11 is 0. The summed E-state index contributed by atoms with van der Waals surface area (Å²) in [4.78, 5) is 15.7. The standard InChI is InChI=1S/C26H24F2N6O3/c27-20-6-9-23(24(28)11-20)26(36,15-34-17-29-16-30-34)14-33-12-21(31-32-33)13-37-22-7-1-18(2-8-22)3-10-25(35)19-4-5-19/h1-3,6-12,16-17,19,36H,4-5,13-15H2/b10-3+. The maximum absolute atomic E-state index is 14.6. The molecule has 5 rings (SSSR count). The van der Waals surface area contributed by atoms with Gasteiger partial charge in [-0.2, -0.15) is 5.10 Å². The van der Waals surface area contributed by atoms with Crippen LogP contribution in [0.1, 0.15) is 29.7 Å². The molecule has 0 spiro atoms. The number of benzene rings is 2. The Kier molecular flexibility index (Phi) is 6.87. The Morgan fingerprint density at radius 1 is 1.14 bits per heavy atom. The third-order valence-electron chi connectivity index (χ3n) is 6.02. The van der Waals surface area contributed by atoms with Crippen molar-refractivity contribution < 1.29 is 23.4 Å². The quantitative estimate of drug-likeness (QED) is 0.311. The number of ketones is 1. The Hall–Kier alpha value is -4.25. The molecule has 1 N–H and O–H groups in total. The molecule has 9 nitrogen and oxygen atoms in total. The second-order valence-corrected chi connectivity index (χ2v) is 9.02. The van der Waals surface area contributed by atoms with Gasteiger partial charge in [0.15, 0.2) is 5.78 Å². The minimum atomic E-state index is -1.82. The first-order valence-electron chi connectivity index (χ1n) is 11.7. The van der Waals surface area contributed by atoms with Crippen molar-refractivity contribution >= 4 is 11.9 Å². The number of rotatable bonds is 11. The summed E-state index contributed by atoms with van der Waals surface area (Å²) < 4.78 is 36.6. The number of carbonyl (C=O) groups is 1. The summed E-state index contributed by atoms with van der Waals surface area (Å²) in [7, 11) is 0. The highest BCUT2D eigenvalue weighted by Crippen LogP contribution is 2.30. The predicted molar refractivity (Wildman–Crippen MR) is 128 cm³/mol. The summed E-state index contributed by atoms with van der Waals surface area (Å²) in [5.74, 6) is -0.669. The number of hydrogen-bond acceptors (Lipinski definition) is 7. The van der Waals surface area contributed by atoms with Gasteiger partial charge >= 0.3 is 0 Å². The van der Waals surface area contributed by atoms with Gasteiger partial charge in [0, 0.05) is 17.5 Å². The number of aromatic nitrogens is 6. The molecule has 0 aliphatic heterocycles. The van der Waals surface area contributed by atoms with Crippen LogP contribution in [-0.4, -0.2) is 40.6 Å². The van der Waals surface area contributed by atoms with E-state index in [9.17, 15) is 18.7 Å². The zero-order valence-corrected chi connectivity index (χ0v) is 19.7. The van der Waals surface area contributed by atoms with E-state index in [-0.39, 0.29) is 37.0 Å². The molecule has 1 aliphatic rings. The molecular formula is C26H24F2N6O3. The lowest BCUT2D eigenvalue weighted by atomic mass is 9.93. The molecule has 2 heterocycles. The number of halogens is 2. The molecule has 1 atom stereocenters. The van der Waals surface area contributed by atoms with E-state index < -0.39 is 17.2 Å². The monoisotopic (exact) mass is 506 g/mol. The van der Waals surface area contributed by atoms with Crippen LogP contribution in [0, 0.1) is 17.6 Å². The number of ether oxygens (including phenoxy) is 1. The first-order valence-corrected chi connectivity index (χ1v) is 11.7. The van der Waals surface area contributed by atoms with Gasteiger partial charge in [-0.15, -0.1) is 5.10 Å². The lowest BCUT2D eigenvalue weighted by Crippen LogP contribution is -2.37. The first kappa shape index (κ1) is 24.4. The van der Waals surface area contributed by atoms with Crippen LogP contribution in [-0.2, 0) is 30.1 Å². The summed E-state index contributed by atoms with van der Waals surface area (Å²) in [5, 5.41) is 23.5. The molecule has 0 amide bonds. The third kappa shape index (κ3) is 6.12. The number of nitrogens with zero attached hydrogens (tertiary/aromatic N) is 6. The van der Waals surface area contributed by atoms with Crippen molar-refractivity contribution in [2.45, 2.75) is 38.1 Å². The average molecular weight is 507 g/mol. The highest BCUT2D eigenvalue weighted by molar-refractivity contribution is 5.96. The van der Waals surface area contributed by atoms with E-state index in [1.165, 1.54) is 28.1 Å². The molecule has 1 aliphatic carbocycles. The normalized spacial score (nSPS) is 15.1. The van der Waals surface area contributed by atoms with Crippen molar-refractivity contribution in [1.82, 2.24) is 29.8 Å². The van der Waals surface area contributed by atoms with Crippen LogP contribution in [0.25, 0.3) is 6.08 Å².